The molecule has 0 saturated carbocycles. The zero-order chi connectivity index (χ0) is 15.2. The number of benzene rings is 2. The molecule has 0 spiro atoms. The molecule has 2 aromatic rings. The second kappa shape index (κ2) is 8.29. The van der Waals surface area contributed by atoms with Crippen LogP contribution in [-0.2, 0) is 0 Å². The van der Waals surface area contributed by atoms with Gasteiger partial charge in [-0.05, 0) is 61.5 Å². The molecule has 114 valence electrons. The largest absolute Gasteiger partial charge is 0.326 e. The van der Waals surface area contributed by atoms with Gasteiger partial charge in [-0.25, -0.2) is 0 Å². The third kappa shape index (κ3) is 4.67. The van der Waals surface area contributed by atoms with Crippen LogP contribution in [0.1, 0.15) is 11.1 Å². The van der Waals surface area contributed by atoms with Crippen molar-refractivity contribution in [2.24, 2.45) is 4.99 Å². The number of aryl methyl sites for hydroxylation is 2. The van der Waals surface area contributed by atoms with Crippen molar-refractivity contribution >= 4 is 52.8 Å². The van der Waals surface area contributed by atoms with Gasteiger partial charge in [0.05, 0.1) is 10.8 Å². The van der Waals surface area contributed by atoms with Gasteiger partial charge in [0.15, 0.2) is 5.96 Å². The van der Waals surface area contributed by atoms with E-state index in [0.717, 1.165) is 28.2 Å². The second-order valence-corrected chi connectivity index (χ2v) is 4.82. The summed E-state index contributed by atoms with van der Waals surface area (Å²) >= 11 is 4.59. The summed E-state index contributed by atoms with van der Waals surface area (Å²) in [6, 6.07) is 13.4. The molecule has 0 aliphatic rings. The van der Waals surface area contributed by atoms with Crippen LogP contribution in [0, 0.1) is 19.3 Å². The van der Waals surface area contributed by atoms with Gasteiger partial charge in [-0.2, -0.15) is 4.99 Å². The fourth-order valence-electron chi connectivity index (χ4n) is 1.92. The maximum atomic E-state index is 8.02. The summed E-state index contributed by atoms with van der Waals surface area (Å²) in [4.78, 5) is 3.93. The van der Waals surface area contributed by atoms with E-state index in [-0.39, 0.29) is 18.4 Å². The summed E-state index contributed by atoms with van der Waals surface area (Å²) in [5.41, 5.74) is 4.59. The SMILES string of the molecule is Cc1ccccc1NC(=N)Nc1ccc(N=C=S)cc1C.Cl. The summed E-state index contributed by atoms with van der Waals surface area (Å²) in [6.07, 6.45) is 0. The van der Waals surface area contributed by atoms with Crippen LogP contribution in [0.4, 0.5) is 17.1 Å². The topological polar surface area (TPSA) is 60.3 Å². The molecule has 0 aromatic heterocycles. The molecule has 0 saturated heterocycles. The Morgan fingerprint density at radius 3 is 2.27 bits per heavy atom. The first-order chi connectivity index (χ1) is 10.1. The van der Waals surface area contributed by atoms with Crippen molar-refractivity contribution in [1.82, 2.24) is 0 Å². The Kier molecular flexibility index (Phi) is 6.73. The van der Waals surface area contributed by atoms with Crippen LogP contribution in [0.15, 0.2) is 47.5 Å². The Hall–Kier alpha value is -2.20. The molecule has 0 atom stereocenters. The monoisotopic (exact) mass is 332 g/mol. The van der Waals surface area contributed by atoms with E-state index < -0.39 is 0 Å². The van der Waals surface area contributed by atoms with Crippen LogP contribution >= 0.6 is 24.6 Å². The van der Waals surface area contributed by atoms with E-state index in [1.807, 2.05) is 56.3 Å². The molecule has 4 nitrogen and oxygen atoms in total. The van der Waals surface area contributed by atoms with Crippen molar-refractivity contribution in [1.29, 1.82) is 5.41 Å². The molecule has 0 amide bonds. The molecule has 0 radical (unpaired) electrons. The fraction of sp³-hybridized carbons (Fsp3) is 0.125. The van der Waals surface area contributed by atoms with Gasteiger partial charge in [-0.1, -0.05) is 18.2 Å². The Bertz CT molecular complexity index is 724. The number of anilines is 2. The molecule has 0 aliphatic carbocycles. The highest BCUT2D eigenvalue weighted by molar-refractivity contribution is 7.78. The van der Waals surface area contributed by atoms with Gasteiger partial charge in [0.25, 0.3) is 0 Å². The van der Waals surface area contributed by atoms with E-state index in [1.165, 1.54) is 0 Å². The number of thiocarbonyl (C=S) groups is 1. The smallest absolute Gasteiger partial charge is 0.197 e. The van der Waals surface area contributed by atoms with Crippen LogP contribution in [-0.4, -0.2) is 11.1 Å². The van der Waals surface area contributed by atoms with Crippen LogP contribution in [0.2, 0.25) is 0 Å². The zero-order valence-electron chi connectivity index (χ0n) is 12.3. The normalized spacial score (nSPS) is 9.18. The van der Waals surface area contributed by atoms with Crippen LogP contribution in [0.5, 0.6) is 0 Å². The van der Waals surface area contributed by atoms with E-state index in [1.54, 1.807) is 0 Å². The van der Waals surface area contributed by atoms with Gasteiger partial charge in [0, 0.05) is 11.4 Å². The number of guanidine groups is 1. The van der Waals surface area contributed by atoms with E-state index >= 15 is 0 Å². The van der Waals surface area contributed by atoms with Gasteiger partial charge in [0.2, 0.25) is 0 Å². The molecule has 0 bridgehead atoms. The van der Waals surface area contributed by atoms with Gasteiger partial charge in [-0.3, -0.25) is 5.41 Å². The highest BCUT2D eigenvalue weighted by Crippen LogP contribution is 2.21. The van der Waals surface area contributed by atoms with Crippen LogP contribution in [0.3, 0.4) is 0 Å². The van der Waals surface area contributed by atoms with Gasteiger partial charge < -0.3 is 10.6 Å². The van der Waals surface area contributed by atoms with Crippen molar-refractivity contribution < 1.29 is 0 Å². The fourth-order valence-corrected chi connectivity index (χ4v) is 2.03. The third-order valence-electron chi connectivity index (χ3n) is 3.05. The Labute approximate surface area is 141 Å². The molecular formula is C16H17ClN4S. The average molecular weight is 333 g/mol. The van der Waals surface area contributed by atoms with Gasteiger partial charge in [-0.15, -0.1) is 12.4 Å². The number of nitrogens with zero attached hydrogens (tertiary/aromatic N) is 1. The standard InChI is InChI=1S/C16H16N4S.ClH/c1-11-5-3-4-6-14(11)19-16(17)20-15-8-7-13(18-10-21)9-12(15)2;/h3-9H,1-2H3,(H3,17,19,20);1H. The lowest BCUT2D eigenvalue weighted by atomic mass is 10.2. The highest BCUT2D eigenvalue weighted by Gasteiger charge is 2.04. The summed E-state index contributed by atoms with van der Waals surface area (Å²) in [6.45, 7) is 3.95. The average Bonchev–Trinajstić information content (AvgIpc) is 2.45. The van der Waals surface area contributed by atoms with Crippen molar-refractivity contribution in [3.63, 3.8) is 0 Å². The lowest BCUT2D eigenvalue weighted by molar-refractivity contribution is 1.37. The summed E-state index contributed by atoms with van der Waals surface area (Å²) in [5.74, 6) is 0.221. The van der Waals surface area contributed by atoms with Crippen LogP contribution < -0.4 is 10.6 Å². The number of aliphatic imine (C=N–C) groups is 1. The van der Waals surface area contributed by atoms with Crippen molar-refractivity contribution in [3.8, 4) is 0 Å². The van der Waals surface area contributed by atoms with Crippen molar-refractivity contribution in [2.45, 2.75) is 13.8 Å². The lowest BCUT2D eigenvalue weighted by Crippen LogP contribution is -2.21. The molecule has 0 fully saturated rings. The molecular weight excluding hydrogens is 316 g/mol. The van der Waals surface area contributed by atoms with Crippen molar-refractivity contribution in [2.75, 3.05) is 10.6 Å². The van der Waals surface area contributed by atoms with E-state index in [4.69, 9.17) is 5.41 Å². The molecule has 0 aliphatic heterocycles. The number of rotatable bonds is 3. The number of nitrogens with one attached hydrogen (secondary N) is 3. The van der Waals surface area contributed by atoms with Crippen LogP contribution in [0.25, 0.3) is 0 Å². The zero-order valence-corrected chi connectivity index (χ0v) is 13.9. The molecule has 0 heterocycles. The Morgan fingerprint density at radius 2 is 1.68 bits per heavy atom. The van der Waals surface area contributed by atoms with E-state index in [9.17, 15) is 0 Å². The third-order valence-corrected chi connectivity index (χ3v) is 3.14. The lowest BCUT2D eigenvalue weighted by Gasteiger charge is -2.14. The molecule has 2 rings (SSSR count). The van der Waals surface area contributed by atoms with Gasteiger partial charge >= 0.3 is 0 Å². The van der Waals surface area contributed by atoms with Crippen molar-refractivity contribution in [3.05, 3.63) is 53.6 Å². The first-order valence-electron chi connectivity index (χ1n) is 6.47. The molecule has 22 heavy (non-hydrogen) atoms. The van der Waals surface area contributed by atoms with Gasteiger partial charge in [0.1, 0.15) is 0 Å². The maximum Gasteiger partial charge on any atom is 0.197 e. The summed E-state index contributed by atoms with van der Waals surface area (Å²) in [7, 11) is 0. The minimum Gasteiger partial charge on any atom is -0.326 e. The number of para-hydroxylation sites is 1. The predicted octanol–water partition coefficient (Wildman–Crippen LogP) is 4.92. The van der Waals surface area contributed by atoms with E-state index in [0.29, 0.717) is 0 Å². The molecule has 2 aromatic carbocycles. The first-order valence-corrected chi connectivity index (χ1v) is 6.87. The summed E-state index contributed by atoms with van der Waals surface area (Å²) < 4.78 is 0. The quantitative estimate of drug-likeness (QED) is 0.425. The molecule has 0 unspecified atom stereocenters. The molecule has 6 heteroatoms. The number of halogens is 1. The summed E-state index contributed by atoms with van der Waals surface area (Å²) in [5, 5.41) is 16.4. The Balaban J connectivity index is 0.00000242. The minimum atomic E-state index is 0. The first kappa shape index (κ1) is 17.9. The maximum absolute atomic E-state index is 8.02. The number of hydrogen-bond acceptors (Lipinski definition) is 3. The molecule has 3 N–H and O–H groups in total. The second-order valence-electron chi connectivity index (χ2n) is 4.64. The Morgan fingerprint density at radius 1 is 1.05 bits per heavy atom. The number of hydrogen-bond donors (Lipinski definition) is 3. The predicted molar refractivity (Wildman–Crippen MR) is 99.3 cm³/mol. The van der Waals surface area contributed by atoms with E-state index in [2.05, 4.69) is 33.0 Å². The highest BCUT2D eigenvalue weighted by atomic mass is 35.5. The minimum absolute atomic E-state index is 0. The number of isothiocyanates is 1.